The van der Waals surface area contributed by atoms with Crippen LogP contribution < -0.4 is 10.6 Å². The van der Waals surface area contributed by atoms with Crippen molar-refractivity contribution in [3.8, 4) is 6.07 Å². The normalized spacial score (nSPS) is 13.9. The van der Waals surface area contributed by atoms with E-state index in [-0.39, 0.29) is 24.7 Å². The molecule has 0 saturated heterocycles. The number of rotatable bonds is 3. The van der Waals surface area contributed by atoms with E-state index in [1.807, 2.05) is 18.2 Å². The summed E-state index contributed by atoms with van der Waals surface area (Å²) in [6.45, 7) is 0.434. The number of nitrogens with two attached hydrogens (primary N) is 1. The lowest BCUT2D eigenvalue weighted by Gasteiger charge is -2.28. The van der Waals surface area contributed by atoms with Gasteiger partial charge in [0.15, 0.2) is 0 Å². The fourth-order valence-corrected chi connectivity index (χ4v) is 2.22. The van der Waals surface area contributed by atoms with Gasteiger partial charge in [-0.3, -0.25) is 14.5 Å². The summed E-state index contributed by atoms with van der Waals surface area (Å²) in [5.74, 6) is -0.510. The van der Waals surface area contributed by atoms with Crippen LogP contribution in [0.1, 0.15) is 30.4 Å². The predicted octanol–water partition coefficient (Wildman–Crippen LogP) is 1.25. The smallest absolute Gasteiger partial charge is 0.234 e. The number of imide groups is 1. The lowest BCUT2D eigenvalue weighted by molar-refractivity contribution is -0.126. The molecule has 1 aliphatic heterocycles. The van der Waals surface area contributed by atoms with E-state index in [4.69, 9.17) is 11.0 Å². The molecule has 1 heterocycles. The molecule has 98 valence electrons. The minimum Gasteiger partial charge on any atom is -0.326 e. The number of carbonyl (C=O) groups excluding carboxylic acids is 2. The van der Waals surface area contributed by atoms with Gasteiger partial charge < -0.3 is 5.73 Å². The van der Waals surface area contributed by atoms with Gasteiger partial charge in [0, 0.05) is 25.8 Å². The number of nitriles is 1. The highest BCUT2D eigenvalue weighted by Crippen LogP contribution is 2.29. The van der Waals surface area contributed by atoms with E-state index in [0.717, 1.165) is 11.1 Å². The molecule has 2 amide bonds. The second kappa shape index (κ2) is 5.63. The van der Waals surface area contributed by atoms with Gasteiger partial charge in [-0.2, -0.15) is 5.26 Å². The third kappa shape index (κ3) is 2.64. The highest BCUT2D eigenvalue weighted by atomic mass is 16.2. The summed E-state index contributed by atoms with van der Waals surface area (Å²) in [6, 6.07) is 7.44. The molecule has 0 atom stereocenters. The maximum atomic E-state index is 12.0. The van der Waals surface area contributed by atoms with Gasteiger partial charge in [-0.1, -0.05) is 12.1 Å². The Morgan fingerprint density at radius 3 is 2.89 bits per heavy atom. The topological polar surface area (TPSA) is 87.2 Å². The van der Waals surface area contributed by atoms with Gasteiger partial charge in [-0.25, -0.2) is 0 Å². The molecular formula is C14H15N3O2. The number of amides is 2. The standard InChI is InChI=1S/C14H15N3O2/c15-7-1-2-13(18)17-12-5-3-10(9-16)8-11(12)4-6-14(17)19/h3,5,8H,1-2,4,6,9,16H2. The third-order valence-corrected chi connectivity index (χ3v) is 3.18. The molecule has 0 bridgehead atoms. The summed E-state index contributed by atoms with van der Waals surface area (Å²) in [6.07, 6.45) is 1.14. The van der Waals surface area contributed by atoms with Crippen LogP contribution in [0.5, 0.6) is 0 Å². The maximum absolute atomic E-state index is 12.0. The van der Waals surface area contributed by atoms with E-state index in [1.165, 1.54) is 4.90 Å². The Hall–Kier alpha value is -2.19. The van der Waals surface area contributed by atoms with Gasteiger partial charge in [0.05, 0.1) is 11.8 Å². The number of hydrogen-bond acceptors (Lipinski definition) is 4. The van der Waals surface area contributed by atoms with Crippen LogP contribution in [0.4, 0.5) is 5.69 Å². The van der Waals surface area contributed by atoms with Crippen molar-refractivity contribution >= 4 is 17.5 Å². The molecule has 0 saturated carbocycles. The maximum Gasteiger partial charge on any atom is 0.234 e. The molecule has 0 spiro atoms. The first-order chi connectivity index (χ1) is 9.17. The summed E-state index contributed by atoms with van der Waals surface area (Å²) < 4.78 is 0. The van der Waals surface area contributed by atoms with Crippen LogP contribution in [0.25, 0.3) is 0 Å². The minimum absolute atomic E-state index is 0.0698. The second-order valence-electron chi connectivity index (χ2n) is 4.45. The molecule has 0 aliphatic carbocycles. The van der Waals surface area contributed by atoms with Crippen LogP contribution in [0.3, 0.4) is 0 Å². The first kappa shape index (κ1) is 13.2. The molecule has 1 aromatic carbocycles. The Balaban J connectivity index is 2.33. The Morgan fingerprint density at radius 2 is 2.21 bits per heavy atom. The molecule has 5 nitrogen and oxygen atoms in total. The van der Waals surface area contributed by atoms with Crippen molar-refractivity contribution in [2.45, 2.75) is 32.2 Å². The average Bonchev–Trinajstić information content (AvgIpc) is 2.44. The van der Waals surface area contributed by atoms with Crippen LogP contribution in [-0.2, 0) is 22.6 Å². The molecule has 5 heteroatoms. The third-order valence-electron chi connectivity index (χ3n) is 3.18. The van der Waals surface area contributed by atoms with Crippen LogP contribution in [0.2, 0.25) is 0 Å². The first-order valence-corrected chi connectivity index (χ1v) is 6.22. The van der Waals surface area contributed by atoms with Gasteiger partial charge in [-0.05, 0) is 23.6 Å². The van der Waals surface area contributed by atoms with Gasteiger partial charge in [0.2, 0.25) is 11.8 Å². The molecule has 2 rings (SSSR count). The number of benzene rings is 1. The Bertz CT molecular complexity index is 560. The molecule has 0 radical (unpaired) electrons. The van der Waals surface area contributed by atoms with E-state index in [2.05, 4.69) is 0 Å². The lowest BCUT2D eigenvalue weighted by atomic mass is 9.98. The highest BCUT2D eigenvalue weighted by Gasteiger charge is 2.28. The zero-order valence-electron chi connectivity index (χ0n) is 10.6. The first-order valence-electron chi connectivity index (χ1n) is 6.22. The van der Waals surface area contributed by atoms with Crippen molar-refractivity contribution < 1.29 is 9.59 Å². The number of carbonyl (C=O) groups is 2. The summed E-state index contributed by atoms with van der Waals surface area (Å²) in [4.78, 5) is 25.1. The van der Waals surface area contributed by atoms with Crippen molar-refractivity contribution in [3.63, 3.8) is 0 Å². The monoisotopic (exact) mass is 257 g/mol. The van der Waals surface area contributed by atoms with Crippen LogP contribution in [-0.4, -0.2) is 11.8 Å². The number of nitrogens with zero attached hydrogens (tertiary/aromatic N) is 2. The molecule has 0 fully saturated rings. The van der Waals surface area contributed by atoms with Crippen molar-refractivity contribution in [3.05, 3.63) is 29.3 Å². The molecule has 0 unspecified atom stereocenters. The number of anilines is 1. The van der Waals surface area contributed by atoms with E-state index in [1.54, 1.807) is 6.07 Å². The largest absolute Gasteiger partial charge is 0.326 e. The minimum atomic E-state index is -0.312. The number of hydrogen-bond donors (Lipinski definition) is 1. The summed E-state index contributed by atoms with van der Waals surface area (Å²) in [5, 5.41) is 8.52. The van der Waals surface area contributed by atoms with Crippen molar-refractivity contribution in [2.24, 2.45) is 5.73 Å². The molecule has 1 aliphatic rings. The van der Waals surface area contributed by atoms with E-state index < -0.39 is 0 Å². The summed E-state index contributed by atoms with van der Waals surface area (Å²) in [7, 11) is 0. The average molecular weight is 257 g/mol. The van der Waals surface area contributed by atoms with Gasteiger partial charge in [-0.15, -0.1) is 0 Å². The van der Waals surface area contributed by atoms with Crippen molar-refractivity contribution in [2.75, 3.05) is 4.90 Å². The molecule has 2 N–H and O–H groups in total. The fourth-order valence-electron chi connectivity index (χ4n) is 2.22. The Morgan fingerprint density at radius 1 is 1.42 bits per heavy atom. The second-order valence-corrected chi connectivity index (χ2v) is 4.45. The lowest BCUT2D eigenvalue weighted by Crippen LogP contribution is -2.40. The van der Waals surface area contributed by atoms with Crippen LogP contribution in [0.15, 0.2) is 18.2 Å². The number of fused-ring (bicyclic) bond motifs is 1. The van der Waals surface area contributed by atoms with E-state index in [0.29, 0.717) is 25.1 Å². The molecule has 1 aromatic rings. The van der Waals surface area contributed by atoms with Crippen LogP contribution >= 0.6 is 0 Å². The van der Waals surface area contributed by atoms with Gasteiger partial charge in [0.25, 0.3) is 0 Å². The van der Waals surface area contributed by atoms with E-state index in [9.17, 15) is 9.59 Å². The van der Waals surface area contributed by atoms with Gasteiger partial charge in [0.1, 0.15) is 0 Å². The molecular weight excluding hydrogens is 242 g/mol. The van der Waals surface area contributed by atoms with Gasteiger partial charge >= 0.3 is 0 Å². The number of aryl methyl sites for hydroxylation is 1. The predicted molar refractivity (Wildman–Crippen MR) is 70.0 cm³/mol. The Kier molecular flexibility index (Phi) is 3.93. The summed E-state index contributed by atoms with van der Waals surface area (Å²) >= 11 is 0. The molecule has 0 aromatic heterocycles. The fraction of sp³-hybridized carbons (Fsp3) is 0.357. The highest BCUT2D eigenvalue weighted by molar-refractivity contribution is 6.16. The summed E-state index contributed by atoms with van der Waals surface area (Å²) in [5.41, 5.74) is 8.17. The zero-order chi connectivity index (χ0) is 13.8. The van der Waals surface area contributed by atoms with Crippen molar-refractivity contribution in [1.29, 1.82) is 5.26 Å². The quantitative estimate of drug-likeness (QED) is 0.882. The Labute approximate surface area is 111 Å². The van der Waals surface area contributed by atoms with Crippen molar-refractivity contribution in [1.82, 2.24) is 0 Å². The van der Waals surface area contributed by atoms with Crippen LogP contribution in [0, 0.1) is 11.3 Å². The molecule has 19 heavy (non-hydrogen) atoms. The SMILES string of the molecule is N#CCCC(=O)N1C(=O)CCc2cc(CN)ccc21. The van der Waals surface area contributed by atoms with E-state index >= 15 is 0 Å². The zero-order valence-corrected chi connectivity index (χ0v) is 10.6.